The summed E-state index contributed by atoms with van der Waals surface area (Å²) in [4.78, 5) is 3.99. The normalized spacial score (nSPS) is 10.5. The highest BCUT2D eigenvalue weighted by Crippen LogP contribution is 2.38. The van der Waals surface area contributed by atoms with Crippen LogP contribution in [0.2, 0.25) is 0 Å². The van der Waals surface area contributed by atoms with E-state index < -0.39 is 0 Å². The van der Waals surface area contributed by atoms with E-state index in [0.717, 1.165) is 8.00 Å². The van der Waals surface area contributed by atoms with Crippen LogP contribution < -0.4 is 5.73 Å². The van der Waals surface area contributed by atoms with Gasteiger partial charge in [-0.25, -0.2) is 4.98 Å². The topological polar surface area (TPSA) is 38.9 Å². The Bertz CT molecular complexity index is 371. The summed E-state index contributed by atoms with van der Waals surface area (Å²) in [5, 5.41) is 0.623. The lowest BCUT2D eigenvalue weighted by molar-refractivity contribution is 1.38. The molecule has 2 heterocycles. The Kier molecular flexibility index (Phi) is 2.92. The molecule has 0 fully saturated rings. The van der Waals surface area contributed by atoms with E-state index in [2.05, 4.69) is 27.0 Å². The maximum Gasteiger partial charge on any atom is 0.181 e. The Morgan fingerprint density at radius 1 is 1.31 bits per heavy atom. The number of anilines is 1. The van der Waals surface area contributed by atoms with Crippen LogP contribution in [0.5, 0.6) is 0 Å². The van der Waals surface area contributed by atoms with Crippen LogP contribution in [0.25, 0.3) is 0 Å². The van der Waals surface area contributed by atoms with E-state index in [1.54, 1.807) is 29.3 Å². The SMILES string of the molecule is Nc1ncc(Sc2ccc(Br)s2)s1. The summed E-state index contributed by atoms with van der Waals surface area (Å²) in [5.41, 5.74) is 5.53. The molecule has 0 aliphatic rings. The zero-order valence-electron chi connectivity index (χ0n) is 6.36. The van der Waals surface area contributed by atoms with Crippen molar-refractivity contribution in [1.29, 1.82) is 0 Å². The van der Waals surface area contributed by atoms with Gasteiger partial charge in [-0.1, -0.05) is 23.1 Å². The van der Waals surface area contributed by atoms with Crippen molar-refractivity contribution >= 4 is 55.5 Å². The van der Waals surface area contributed by atoms with Crippen molar-refractivity contribution < 1.29 is 0 Å². The molecule has 0 saturated heterocycles. The second kappa shape index (κ2) is 4.00. The van der Waals surface area contributed by atoms with Gasteiger partial charge in [-0.05, 0) is 28.1 Å². The molecule has 0 bridgehead atoms. The lowest BCUT2D eigenvalue weighted by Gasteiger charge is -1.89. The minimum absolute atomic E-state index is 0.623. The maximum atomic E-state index is 5.53. The molecule has 2 rings (SSSR count). The van der Waals surface area contributed by atoms with E-state index in [4.69, 9.17) is 5.73 Å². The molecule has 6 heteroatoms. The number of hydrogen-bond acceptors (Lipinski definition) is 5. The van der Waals surface area contributed by atoms with E-state index in [-0.39, 0.29) is 0 Å². The van der Waals surface area contributed by atoms with Gasteiger partial charge in [0.15, 0.2) is 5.13 Å². The molecular weight excluding hydrogens is 288 g/mol. The molecule has 0 radical (unpaired) electrons. The number of nitrogens with zero attached hydrogens (tertiary/aromatic N) is 1. The molecule has 0 amide bonds. The van der Waals surface area contributed by atoms with Gasteiger partial charge in [0.25, 0.3) is 0 Å². The molecule has 2 N–H and O–H groups in total. The van der Waals surface area contributed by atoms with Crippen LogP contribution in [-0.4, -0.2) is 4.98 Å². The van der Waals surface area contributed by atoms with E-state index >= 15 is 0 Å². The van der Waals surface area contributed by atoms with Crippen molar-refractivity contribution in [1.82, 2.24) is 4.98 Å². The van der Waals surface area contributed by atoms with Gasteiger partial charge < -0.3 is 5.73 Å². The Morgan fingerprint density at radius 2 is 2.15 bits per heavy atom. The highest BCUT2D eigenvalue weighted by atomic mass is 79.9. The average molecular weight is 293 g/mol. The summed E-state index contributed by atoms with van der Waals surface area (Å²) < 4.78 is 3.52. The number of thiophene rings is 1. The largest absolute Gasteiger partial charge is 0.375 e. The predicted molar refractivity (Wildman–Crippen MR) is 62.7 cm³/mol. The van der Waals surface area contributed by atoms with Gasteiger partial charge >= 0.3 is 0 Å². The molecule has 2 aromatic rings. The van der Waals surface area contributed by atoms with E-state index in [0.29, 0.717) is 5.13 Å². The summed E-state index contributed by atoms with van der Waals surface area (Å²) in [6, 6.07) is 4.12. The van der Waals surface area contributed by atoms with Gasteiger partial charge in [0, 0.05) is 0 Å². The molecule has 0 spiro atoms. The van der Waals surface area contributed by atoms with Crippen molar-refractivity contribution in [3.05, 3.63) is 22.1 Å². The van der Waals surface area contributed by atoms with Crippen molar-refractivity contribution in [2.75, 3.05) is 5.73 Å². The monoisotopic (exact) mass is 292 g/mol. The minimum Gasteiger partial charge on any atom is -0.375 e. The molecule has 0 aliphatic carbocycles. The Morgan fingerprint density at radius 3 is 2.69 bits per heavy atom. The first-order valence-corrected chi connectivity index (χ1v) is 6.63. The Hall–Kier alpha value is -0.0400. The standard InChI is InChI=1S/C7H5BrN2S3/c8-4-1-2-5(11-4)12-6-3-10-7(9)13-6/h1-3H,(H2,9,10). The summed E-state index contributed by atoms with van der Waals surface area (Å²) >= 11 is 8.34. The van der Waals surface area contributed by atoms with E-state index in [9.17, 15) is 0 Å². The Labute approximate surface area is 96.3 Å². The van der Waals surface area contributed by atoms with Crippen LogP contribution in [0.1, 0.15) is 0 Å². The second-order valence-corrected chi connectivity index (χ2v) is 7.30. The number of thiazole rings is 1. The average Bonchev–Trinajstić information content (AvgIpc) is 2.62. The predicted octanol–water partition coefficient (Wildman–Crippen LogP) is 3.70. The summed E-state index contributed by atoms with van der Waals surface area (Å²) in [5.74, 6) is 0. The summed E-state index contributed by atoms with van der Waals surface area (Å²) in [6.07, 6.45) is 1.80. The molecule has 2 nitrogen and oxygen atoms in total. The van der Waals surface area contributed by atoms with Crippen LogP contribution in [-0.2, 0) is 0 Å². The number of hydrogen-bond donors (Lipinski definition) is 1. The zero-order chi connectivity index (χ0) is 9.26. The van der Waals surface area contributed by atoms with Crippen LogP contribution in [0.3, 0.4) is 0 Å². The van der Waals surface area contributed by atoms with Gasteiger partial charge in [-0.3, -0.25) is 0 Å². The lowest BCUT2D eigenvalue weighted by atomic mass is 10.7. The smallest absolute Gasteiger partial charge is 0.181 e. The summed E-state index contributed by atoms with van der Waals surface area (Å²) in [6.45, 7) is 0. The van der Waals surface area contributed by atoms with Gasteiger partial charge in [0.1, 0.15) is 0 Å². The van der Waals surface area contributed by atoms with Crippen molar-refractivity contribution in [3.8, 4) is 0 Å². The fourth-order valence-corrected chi connectivity index (χ4v) is 4.62. The number of nitrogen functional groups attached to an aromatic ring is 1. The number of halogens is 1. The third kappa shape index (κ3) is 2.46. The molecule has 0 atom stereocenters. The summed E-state index contributed by atoms with van der Waals surface area (Å²) in [7, 11) is 0. The lowest BCUT2D eigenvalue weighted by Crippen LogP contribution is -1.77. The third-order valence-corrected chi connectivity index (χ3v) is 4.94. The minimum atomic E-state index is 0.623. The van der Waals surface area contributed by atoms with Crippen molar-refractivity contribution in [2.45, 2.75) is 8.42 Å². The second-order valence-electron chi connectivity index (χ2n) is 2.18. The molecule has 0 unspecified atom stereocenters. The van der Waals surface area contributed by atoms with Crippen LogP contribution in [0, 0.1) is 0 Å². The molecule has 2 aromatic heterocycles. The molecule has 0 aromatic carbocycles. The first kappa shape index (κ1) is 9.51. The fourth-order valence-electron chi connectivity index (χ4n) is 0.771. The highest BCUT2D eigenvalue weighted by Gasteiger charge is 2.03. The Balaban J connectivity index is 2.14. The van der Waals surface area contributed by atoms with Gasteiger partial charge in [0.2, 0.25) is 0 Å². The number of aromatic nitrogens is 1. The molecule has 0 aliphatic heterocycles. The molecule has 0 saturated carbocycles. The van der Waals surface area contributed by atoms with E-state index in [1.165, 1.54) is 15.5 Å². The third-order valence-electron chi connectivity index (χ3n) is 1.25. The zero-order valence-corrected chi connectivity index (χ0v) is 10.4. The number of rotatable bonds is 2. The number of nitrogens with two attached hydrogens (primary N) is 1. The van der Waals surface area contributed by atoms with Gasteiger partial charge in [-0.2, -0.15) is 0 Å². The van der Waals surface area contributed by atoms with Crippen LogP contribution in [0.4, 0.5) is 5.13 Å². The maximum absolute atomic E-state index is 5.53. The van der Waals surface area contributed by atoms with Crippen LogP contribution in [0.15, 0.2) is 30.5 Å². The molecular formula is C7H5BrN2S3. The molecule has 68 valence electrons. The fraction of sp³-hybridized carbons (Fsp3) is 0. The quantitative estimate of drug-likeness (QED) is 0.917. The van der Waals surface area contributed by atoms with Crippen LogP contribution >= 0.6 is 50.4 Å². The van der Waals surface area contributed by atoms with E-state index in [1.807, 2.05) is 6.07 Å². The van der Waals surface area contributed by atoms with Crippen molar-refractivity contribution in [3.63, 3.8) is 0 Å². The highest BCUT2D eigenvalue weighted by molar-refractivity contribution is 9.11. The van der Waals surface area contributed by atoms with Gasteiger partial charge in [-0.15, -0.1) is 11.3 Å². The van der Waals surface area contributed by atoms with Gasteiger partial charge in [0.05, 0.1) is 18.4 Å². The van der Waals surface area contributed by atoms with Crippen molar-refractivity contribution in [2.24, 2.45) is 0 Å². The first-order chi connectivity index (χ1) is 6.24. The molecule has 13 heavy (non-hydrogen) atoms. The first-order valence-electron chi connectivity index (χ1n) is 3.38.